The van der Waals surface area contributed by atoms with E-state index < -0.39 is 6.10 Å². The number of unbranched alkanes of at least 4 members (excludes halogenated alkanes) is 23. The average molecular weight is 901 g/mol. The largest absolute Gasteiger partial charge is 0.462 e. The van der Waals surface area contributed by atoms with Gasteiger partial charge in [-0.05, 0) is 83.5 Å². The minimum atomic E-state index is -0.804. The number of ether oxygens (including phenoxy) is 3. The van der Waals surface area contributed by atoms with Crippen molar-refractivity contribution in [2.75, 3.05) is 13.2 Å². The maximum absolute atomic E-state index is 12.8. The van der Waals surface area contributed by atoms with Gasteiger partial charge in [0.2, 0.25) is 0 Å². The standard InChI is InChI=1S/C59H96O6/c1-4-7-10-13-16-19-22-24-26-28-30-32-34-37-40-43-46-49-52-58(61)64-55-56(54-63-57(60)51-48-45-42-39-36-21-18-15-12-9-6-3)65-59(62)53-50-47-44-41-38-35-33-31-29-27-25-23-20-17-14-11-8-5-2/h10,13,15-16,18-19,22-33,56H,4-9,11-12,14,17,20-21,34-55H2,1-3H3/b13-10-,18-15-,19-16-,24-22-,25-23-,28-26-,29-27-,32-30-,33-31-. The van der Waals surface area contributed by atoms with Gasteiger partial charge in [-0.2, -0.15) is 0 Å². The van der Waals surface area contributed by atoms with Gasteiger partial charge in [0.1, 0.15) is 13.2 Å². The Morgan fingerprint density at radius 2 is 0.615 bits per heavy atom. The Bertz CT molecular complexity index is 1360. The van der Waals surface area contributed by atoms with Crippen LogP contribution in [0.4, 0.5) is 0 Å². The van der Waals surface area contributed by atoms with Crippen LogP contribution < -0.4 is 0 Å². The summed E-state index contributed by atoms with van der Waals surface area (Å²) in [6.07, 6.45) is 70.6. The Morgan fingerprint density at radius 1 is 0.308 bits per heavy atom. The van der Waals surface area contributed by atoms with Crippen molar-refractivity contribution in [1.82, 2.24) is 0 Å². The maximum atomic E-state index is 12.8. The van der Waals surface area contributed by atoms with Crippen molar-refractivity contribution >= 4 is 17.9 Å². The van der Waals surface area contributed by atoms with E-state index in [0.717, 1.165) is 122 Å². The molecule has 0 fully saturated rings. The van der Waals surface area contributed by atoms with Crippen LogP contribution in [0.25, 0.3) is 0 Å². The van der Waals surface area contributed by atoms with Gasteiger partial charge in [0.15, 0.2) is 6.10 Å². The van der Waals surface area contributed by atoms with Crippen molar-refractivity contribution in [2.45, 2.75) is 232 Å². The molecule has 0 saturated carbocycles. The lowest BCUT2D eigenvalue weighted by Gasteiger charge is -2.18. The van der Waals surface area contributed by atoms with Crippen molar-refractivity contribution in [3.63, 3.8) is 0 Å². The zero-order chi connectivity index (χ0) is 47.2. The second-order valence-corrected chi connectivity index (χ2v) is 17.3. The lowest BCUT2D eigenvalue weighted by atomic mass is 10.1. The number of carbonyl (C=O) groups excluding carboxylic acids is 3. The minimum Gasteiger partial charge on any atom is -0.462 e. The highest BCUT2D eigenvalue weighted by molar-refractivity contribution is 5.71. The predicted molar refractivity (Wildman–Crippen MR) is 279 cm³/mol. The highest BCUT2D eigenvalue weighted by atomic mass is 16.6. The van der Waals surface area contributed by atoms with Gasteiger partial charge >= 0.3 is 17.9 Å². The van der Waals surface area contributed by atoms with E-state index in [1.54, 1.807) is 0 Å². The second-order valence-electron chi connectivity index (χ2n) is 17.3. The summed E-state index contributed by atoms with van der Waals surface area (Å²) < 4.78 is 16.8. The molecule has 368 valence electrons. The summed E-state index contributed by atoms with van der Waals surface area (Å²) in [6.45, 7) is 6.44. The molecule has 6 heteroatoms. The van der Waals surface area contributed by atoms with E-state index in [4.69, 9.17) is 14.2 Å². The highest BCUT2D eigenvalue weighted by Crippen LogP contribution is 2.13. The molecule has 0 N–H and O–H groups in total. The van der Waals surface area contributed by atoms with Crippen LogP contribution in [0, 0.1) is 0 Å². The second kappa shape index (κ2) is 52.7. The number of hydrogen-bond donors (Lipinski definition) is 0. The Balaban J connectivity index is 4.49. The van der Waals surface area contributed by atoms with Crippen LogP contribution in [-0.2, 0) is 28.6 Å². The number of allylic oxidation sites excluding steroid dienone is 18. The molecule has 0 radical (unpaired) electrons. The molecule has 0 aliphatic carbocycles. The van der Waals surface area contributed by atoms with Gasteiger partial charge in [0.25, 0.3) is 0 Å². The van der Waals surface area contributed by atoms with Gasteiger partial charge in [0.05, 0.1) is 0 Å². The third kappa shape index (κ3) is 50.9. The van der Waals surface area contributed by atoms with E-state index in [9.17, 15) is 14.4 Å². The summed E-state index contributed by atoms with van der Waals surface area (Å²) in [5, 5.41) is 0. The molecule has 0 aromatic heterocycles. The Labute approximate surface area is 400 Å². The van der Waals surface area contributed by atoms with Gasteiger partial charge < -0.3 is 14.2 Å². The fourth-order valence-corrected chi connectivity index (χ4v) is 6.87. The molecule has 0 saturated heterocycles. The minimum absolute atomic E-state index is 0.102. The first-order chi connectivity index (χ1) is 32.0. The average Bonchev–Trinajstić information content (AvgIpc) is 3.30. The maximum Gasteiger partial charge on any atom is 0.306 e. The van der Waals surface area contributed by atoms with Crippen molar-refractivity contribution < 1.29 is 28.6 Å². The monoisotopic (exact) mass is 901 g/mol. The van der Waals surface area contributed by atoms with Crippen LogP contribution in [0.2, 0.25) is 0 Å². The van der Waals surface area contributed by atoms with Crippen LogP contribution in [0.5, 0.6) is 0 Å². The predicted octanol–water partition coefficient (Wildman–Crippen LogP) is 17.5. The number of rotatable bonds is 46. The molecule has 0 heterocycles. The van der Waals surface area contributed by atoms with Gasteiger partial charge in [-0.1, -0.05) is 233 Å². The van der Waals surface area contributed by atoms with Gasteiger partial charge in [-0.25, -0.2) is 0 Å². The fourth-order valence-electron chi connectivity index (χ4n) is 6.87. The van der Waals surface area contributed by atoms with Crippen molar-refractivity contribution in [1.29, 1.82) is 0 Å². The molecule has 1 atom stereocenters. The van der Waals surface area contributed by atoms with Crippen LogP contribution in [0.1, 0.15) is 226 Å². The molecular formula is C59H96O6. The molecule has 0 aromatic carbocycles. The topological polar surface area (TPSA) is 78.9 Å². The quantitative estimate of drug-likeness (QED) is 0.0199. The van der Waals surface area contributed by atoms with E-state index in [-0.39, 0.29) is 31.1 Å². The highest BCUT2D eigenvalue weighted by Gasteiger charge is 2.19. The van der Waals surface area contributed by atoms with Crippen LogP contribution >= 0.6 is 0 Å². The first kappa shape index (κ1) is 61.1. The molecule has 0 spiro atoms. The van der Waals surface area contributed by atoms with Crippen molar-refractivity contribution in [2.24, 2.45) is 0 Å². The lowest BCUT2D eigenvalue weighted by Crippen LogP contribution is -2.30. The lowest BCUT2D eigenvalue weighted by molar-refractivity contribution is -0.167. The summed E-state index contributed by atoms with van der Waals surface area (Å²) in [5.41, 5.74) is 0. The molecule has 0 amide bonds. The van der Waals surface area contributed by atoms with Crippen molar-refractivity contribution in [3.05, 3.63) is 109 Å². The van der Waals surface area contributed by atoms with Gasteiger partial charge in [-0.3, -0.25) is 14.4 Å². The molecule has 0 rings (SSSR count). The Hall–Kier alpha value is -3.93. The molecule has 6 nitrogen and oxygen atoms in total. The van der Waals surface area contributed by atoms with E-state index in [2.05, 4.69) is 106 Å². The van der Waals surface area contributed by atoms with Gasteiger partial charge in [0, 0.05) is 19.3 Å². The molecule has 0 aliphatic rings. The summed E-state index contributed by atoms with van der Waals surface area (Å²) in [4.78, 5) is 38.0. The first-order valence-electron chi connectivity index (χ1n) is 26.5. The summed E-state index contributed by atoms with van der Waals surface area (Å²) in [5.74, 6) is -0.961. The SMILES string of the molecule is CCC\C=C/C=C\C=C/C=C\C=C/CCCCCCCC(=O)OCC(COC(=O)CCCCCCC/C=C\CCCC)OC(=O)CCCCCCC\C=C/C=C\C=C/CCCCCCC. The van der Waals surface area contributed by atoms with Crippen LogP contribution in [0.3, 0.4) is 0 Å². The summed E-state index contributed by atoms with van der Waals surface area (Å²) in [7, 11) is 0. The molecule has 0 aliphatic heterocycles. The molecular weight excluding hydrogens is 805 g/mol. The first-order valence-corrected chi connectivity index (χ1v) is 26.5. The van der Waals surface area contributed by atoms with Crippen LogP contribution in [-0.4, -0.2) is 37.2 Å². The number of hydrogen-bond acceptors (Lipinski definition) is 6. The van der Waals surface area contributed by atoms with Crippen LogP contribution in [0.15, 0.2) is 109 Å². The smallest absolute Gasteiger partial charge is 0.306 e. The van der Waals surface area contributed by atoms with E-state index >= 15 is 0 Å². The normalized spacial score (nSPS) is 13.0. The molecule has 0 aromatic rings. The number of carbonyl (C=O) groups is 3. The molecule has 1 unspecified atom stereocenters. The van der Waals surface area contributed by atoms with Gasteiger partial charge in [-0.15, -0.1) is 0 Å². The molecule has 65 heavy (non-hydrogen) atoms. The third-order valence-corrected chi connectivity index (χ3v) is 10.9. The van der Waals surface area contributed by atoms with E-state index in [1.165, 1.54) is 64.2 Å². The third-order valence-electron chi connectivity index (χ3n) is 10.9. The zero-order valence-corrected chi connectivity index (χ0v) is 42.0. The van der Waals surface area contributed by atoms with E-state index in [1.807, 2.05) is 24.3 Å². The molecule has 0 bridgehead atoms. The zero-order valence-electron chi connectivity index (χ0n) is 42.0. The van der Waals surface area contributed by atoms with Crippen molar-refractivity contribution in [3.8, 4) is 0 Å². The fraction of sp³-hybridized carbons (Fsp3) is 0.644. The Kier molecular flexibility index (Phi) is 49.5. The number of esters is 3. The Morgan fingerprint density at radius 3 is 1.02 bits per heavy atom. The summed E-state index contributed by atoms with van der Waals surface area (Å²) in [6, 6.07) is 0. The summed E-state index contributed by atoms with van der Waals surface area (Å²) >= 11 is 0. The van der Waals surface area contributed by atoms with E-state index in [0.29, 0.717) is 19.3 Å².